The minimum absolute atomic E-state index is 0.195. The monoisotopic (exact) mass is 324 g/mol. The molecule has 3 rings (SSSR count). The van der Waals surface area contributed by atoms with Crippen molar-refractivity contribution in [2.75, 3.05) is 0 Å². The predicted octanol–water partition coefficient (Wildman–Crippen LogP) is 3.85. The normalized spacial score (nSPS) is 11.5. The van der Waals surface area contributed by atoms with Crippen LogP contribution < -0.4 is 4.74 Å². The Morgan fingerprint density at radius 2 is 1.71 bits per heavy atom. The molecule has 0 aliphatic carbocycles. The molecule has 124 valence electrons. The SMILES string of the molecule is Cc1ccc(-c2noc(COc3ccc(C(C)(C)O)cc3)n2)cc1. The number of nitrogens with zero attached hydrogens (tertiary/aromatic N) is 2. The van der Waals surface area contributed by atoms with E-state index in [2.05, 4.69) is 10.1 Å². The molecule has 1 heterocycles. The van der Waals surface area contributed by atoms with Gasteiger partial charge in [0.1, 0.15) is 5.75 Å². The molecule has 3 aromatic rings. The highest BCUT2D eigenvalue weighted by atomic mass is 16.5. The summed E-state index contributed by atoms with van der Waals surface area (Å²) in [4.78, 5) is 4.34. The first kappa shape index (κ1) is 16.2. The minimum atomic E-state index is -0.867. The van der Waals surface area contributed by atoms with Crippen molar-refractivity contribution in [3.63, 3.8) is 0 Å². The van der Waals surface area contributed by atoms with Crippen LogP contribution in [0.3, 0.4) is 0 Å². The topological polar surface area (TPSA) is 68.4 Å². The van der Waals surface area contributed by atoms with E-state index in [0.29, 0.717) is 17.5 Å². The summed E-state index contributed by atoms with van der Waals surface area (Å²) in [5.74, 6) is 1.64. The van der Waals surface area contributed by atoms with Crippen molar-refractivity contribution in [2.24, 2.45) is 0 Å². The van der Waals surface area contributed by atoms with E-state index in [1.54, 1.807) is 13.8 Å². The fraction of sp³-hybridized carbons (Fsp3) is 0.263. The number of aromatic nitrogens is 2. The minimum Gasteiger partial charge on any atom is -0.484 e. The second-order valence-corrected chi connectivity index (χ2v) is 6.25. The highest BCUT2D eigenvalue weighted by molar-refractivity contribution is 5.54. The predicted molar refractivity (Wildman–Crippen MR) is 90.5 cm³/mol. The van der Waals surface area contributed by atoms with Gasteiger partial charge in [-0.3, -0.25) is 0 Å². The third kappa shape index (κ3) is 3.81. The molecule has 0 amide bonds. The molecule has 0 atom stereocenters. The van der Waals surface area contributed by atoms with Gasteiger partial charge in [0, 0.05) is 5.56 Å². The van der Waals surface area contributed by atoms with Gasteiger partial charge >= 0.3 is 0 Å². The Bertz CT molecular complexity index is 800. The molecular weight excluding hydrogens is 304 g/mol. The third-order valence-corrected chi connectivity index (χ3v) is 3.70. The van der Waals surface area contributed by atoms with Crippen molar-refractivity contribution in [1.29, 1.82) is 0 Å². The van der Waals surface area contributed by atoms with Crippen molar-refractivity contribution < 1.29 is 14.4 Å². The zero-order valence-corrected chi connectivity index (χ0v) is 14.0. The average Bonchev–Trinajstić information content (AvgIpc) is 3.02. The maximum absolute atomic E-state index is 9.94. The van der Waals surface area contributed by atoms with Gasteiger partial charge in [-0.25, -0.2) is 0 Å². The zero-order valence-electron chi connectivity index (χ0n) is 14.0. The first-order valence-corrected chi connectivity index (χ1v) is 7.77. The summed E-state index contributed by atoms with van der Waals surface area (Å²) < 4.78 is 10.9. The first-order valence-electron chi connectivity index (χ1n) is 7.77. The molecule has 0 fully saturated rings. The van der Waals surface area contributed by atoms with E-state index in [9.17, 15) is 5.11 Å². The van der Waals surface area contributed by atoms with Gasteiger partial charge in [0.15, 0.2) is 6.61 Å². The van der Waals surface area contributed by atoms with Crippen molar-refractivity contribution in [3.8, 4) is 17.1 Å². The average molecular weight is 324 g/mol. The van der Waals surface area contributed by atoms with Gasteiger partial charge in [-0.15, -0.1) is 0 Å². The summed E-state index contributed by atoms with van der Waals surface area (Å²) in [7, 11) is 0. The summed E-state index contributed by atoms with van der Waals surface area (Å²) in [6.07, 6.45) is 0. The fourth-order valence-corrected chi connectivity index (χ4v) is 2.24. The van der Waals surface area contributed by atoms with Crippen LogP contribution in [-0.4, -0.2) is 15.2 Å². The lowest BCUT2D eigenvalue weighted by Gasteiger charge is -2.17. The van der Waals surface area contributed by atoms with Crippen LogP contribution >= 0.6 is 0 Å². The highest BCUT2D eigenvalue weighted by Gasteiger charge is 2.15. The smallest absolute Gasteiger partial charge is 0.264 e. The van der Waals surface area contributed by atoms with Gasteiger partial charge in [-0.2, -0.15) is 4.98 Å². The quantitative estimate of drug-likeness (QED) is 0.772. The molecule has 0 unspecified atom stereocenters. The van der Waals surface area contributed by atoms with E-state index in [0.717, 1.165) is 11.1 Å². The van der Waals surface area contributed by atoms with Gasteiger partial charge in [-0.1, -0.05) is 47.1 Å². The van der Waals surface area contributed by atoms with Gasteiger partial charge in [-0.05, 0) is 38.5 Å². The van der Waals surface area contributed by atoms with Gasteiger partial charge < -0.3 is 14.4 Å². The van der Waals surface area contributed by atoms with Crippen LogP contribution in [0.4, 0.5) is 0 Å². The molecule has 0 aliphatic heterocycles. The summed E-state index contributed by atoms with van der Waals surface area (Å²) >= 11 is 0. The van der Waals surface area contributed by atoms with Crippen LogP contribution in [0.15, 0.2) is 53.1 Å². The zero-order chi connectivity index (χ0) is 17.2. The van der Waals surface area contributed by atoms with Crippen LogP contribution in [0.2, 0.25) is 0 Å². The van der Waals surface area contributed by atoms with Crippen LogP contribution in [0, 0.1) is 6.92 Å². The van der Waals surface area contributed by atoms with Gasteiger partial charge in [0.25, 0.3) is 5.89 Å². The van der Waals surface area contributed by atoms with E-state index < -0.39 is 5.60 Å². The van der Waals surface area contributed by atoms with Crippen LogP contribution in [0.25, 0.3) is 11.4 Å². The molecule has 1 N–H and O–H groups in total. The van der Waals surface area contributed by atoms with Crippen LogP contribution in [-0.2, 0) is 12.2 Å². The summed E-state index contributed by atoms with van der Waals surface area (Å²) in [5.41, 5.74) is 2.05. The Labute approximate surface area is 140 Å². The molecule has 0 aliphatic rings. The van der Waals surface area contributed by atoms with Crippen molar-refractivity contribution in [2.45, 2.75) is 33.0 Å². The van der Waals surface area contributed by atoms with Crippen molar-refractivity contribution in [1.82, 2.24) is 10.1 Å². The molecule has 1 aromatic heterocycles. The standard InChI is InChI=1S/C19H20N2O3/c1-13-4-6-14(7-5-13)18-20-17(24-21-18)12-23-16-10-8-15(9-11-16)19(2,3)22/h4-11,22H,12H2,1-3H3. The fourth-order valence-electron chi connectivity index (χ4n) is 2.24. The Kier molecular flexibility index (Phi) is 4.36. The van der Waals surface area contributed by atoms with E-state index in [1.165, 1.54) is 5.56 Å². The Morgan fingerprint density at radius 3 is 2.33 bits per heavy atom. The second-order valence-electron chi connectivity index (χ2n) is 6.25. The van der Waals surface area contributed by atoms with Gasteiger partial charge in [0.05, 0.1) is 5.60 Å². The Morgan fingerprint density at radius 1 is 1.04 bits per heavy atom. The van der Waals surface area contributed by atoms with E-state index >= 15 is 0 Å². The summed E-state index contributed by atoms with van der Waals surface area (Å²) in [6, 6.07) is 15.2. The van der Waals surface area contributed by atoms with E-state index in [4.69, 9.17) is 9.26 Å². The second kappa shape index (κ2) is 6.45. The maximum atomic E-state index is 9.94. The summed E-state index contributed by atoms with van der Waals surface area (Å²) in [5, 5.41) is 13.9. The molecule has 2 aromatic carbocycles. The lowest BCUT2D eigenvalue weighted by atomic mass is 9.99. The number of aliphatic hydroxyl groups is 1. The molecule has 0 radical (unpaired) electrons. The van der Waals surface area contributed by atoms with Gasteiger partial charge in [0.2, 0.25) is 5.82 Å². The number of hydrogen-bond acceptors (Lipinski definition) is 5. The Balaban J connectivity index is 1.64. The molecule has 0 spiro atoms. The molecule has 5 heteroatoms. The summed E-state index contributed by atoms with van der Waals surface area (Å²) in [6.45, 7) is 5.71. The van der Waals surface area contributed by atoms with Crippen LogP contribution in [0.5, 0.6) is 5.75 Å². The molecular formula is C19H20N2O3. The van der Waals surface area contributed by atoms with Crippen LogP contribution in [0.1, 0.15) is 30.9 Å². The number of aryl methyl sites for hydroxylation is 1. The number of hydrogen-bond donors (Lipinski definition) is 1. The van der Waals surface area contributed by atoms with E-state index in [1.807, 2.05) is 55.5 Å². The molecule has 0 saturated heterocycles. The first-order chi connectivity index (χ1) is 11.4. The van der Waals surface area contributed by atoms with E-state index in [-0.39, 0.29) is 6.61 Å². The number of benzene rings is 2. The Hall–Kier alpha value is -2.66. The van der Waals surface area contributed by atoms with Crippen molar-refractivity contribution in [3.05, 3.63) is 65.5 Å². The molecule has 0 saturated carbocycles. The number of rotatable bonds is 5. The lowest BCUT2D eigenvalue weighted by molar-refractivity contribution is 0.0785. The highest BCUT2D eigenvalue weighted by Crippen LogP contribution is 2.23. The maximum Gasteiger partial charge on any atom is 0.264 e. The third-order valence-electron chi connectivity index (χ3n) is 3.70. The van der Waals surface area contributed by atoms with Crippen molar-refractivity contribution >= 4 is 0 Å². The number of ether oxygens (including phenoxy) is 1. The largest absolute Gasteiger partial charge is 0.484 e. The lowest BCUT2D eigenvalue weighted by Crippen LogP contribution is -2.14. The molecule has 0 bridgehead atoms. The molecule has 5 nitrogen and oxygen atoms in total. The molecule has 24 heavy (non-hydrogen) atoms.